The highest BCUT2D eigenvalue weighted by Crippen LogP contribution is 2.09. The smallest absolute Gasteiger partial charge is 0.355 e. The van der Waals surface area contributed by atoms with E-state index in [0.29, 0.717) is 11.6 Å². The number of nitrogens with one attached hydrogen (secondary N) is 2. The number of carboxylic acids is 1. The van der Waals surface area contributed by atoms with Gasteiger partial charge in [-0.2, -0.15) is 0 Å². The van der Waals surface area contributed by atoms with Crippen LogP contribution in [-0.4, -0.2) is 27.1 Å². The van der Waals surface area contributed by atoms with Crippen molar-refractivity contribution >= 4 is 34.7 Å². The number of nitrogens with zero attached hydrogens (tertiary/aromatic N) is 2. The normalized spacial score (nSPS) is 10.2. The van der Waals surface area contributed by atoms with Crippen LogP contribution in [0.2, 0.25) is 0 Å². The molecule has 2 aromatic rings. The van der Waals surface area contributed by atoms with Crippen molar-refractivity contribution in [2.75, 3.05) is 0 Å². The Hall–Kier alpha value is -2.00. The topological polar surface area (TPSA) is 104 Å². The van der Waals surface area contributed by atoms with E-state index in [0.717, 1.165) is 10.7 Å². The van der Waals surface area contributed by atoms with Crippen LogP contribution in [0.1, 0.15) is 26.2 Å². The third-order valence-electron chi connectivity index (χ3n) is 2.24. The summed E-state index contributed by atoms with van der Waals surface area (Å²) in [7, 11) is 0. The van der Waals surface area contributed by atoms with E-state index in [1.165, 1.54) is 28.1 Å². The highest BCUT2D eigenvalue weighted by atomic mass is 32.1. The molecule has 0 aliphatic carbocycles. The van der Waals surface area contributed by atoms with Crippen LogP contribution in [0.5, 0.6) is 0 Å². The number of carbonyl (C=O) groups is 2. The largest absolute Gasteiger partial charge is 0.476 e. The molecule has 0 unspecified atom stereocenters. The number of aromatic carboxylic acids is 1. The molecule has 2 amide bonds. The minimum atomic E-state index is -1.07. The first-order valence-electron chi connectivity index (χ1n) is 5.65. The predicted molar refractivity (Wildman–Crippen MR) is 75.0 cm³/mol. The molecule has 0 aliphatic heterocycles. The summed E-state index contributed by atoms with van der Waals surface area (Å²) in [6.45, 7) is 2.45. The highest BCUT2D eigenvalue weighted by molar-refractivity contribution is 7.10. The van der Waals surface area contributed by atoms with E-state index in [-0.39, 0.29) is 18.3 Å². The standard InChI is InChI=1S/C11H12N4O3S2/c1-6-4-19-8(14-6)2-12-11(18)13-3-9-15-7(5-20-9)10(16)17/h4-5H,2-3H2,1H3,(H,16,17)(H2,12,13,18). The number of urea groups is 1. The van der Waals surface area contributed by atoms with Gasteiger partial charge in [0.05, 0.1) is 13.1 Å². The van der Waals surface area contributed by atoms with Crippen molar-refractivity contribution in [1.82, 2.24) is 20.6 Å². The van der Waals surface area contributed by atoms with E-state index >= 15 is 0 Å². The van der Waals surface area contributed by atoms with Gasteiger partial charge in [-0.15, -0.1) is 22.7 Å². The molecule has 0 fully saturated rings. The van der Waals surface area contributed by atoms with E-state index in [1.807, 2.05) is 12.3 Å². The molecule has 0 bridgehead atoms. The van der Waals surface area contributed by atoms with Crippen LogP contribution in [0.4, 0.5) is 4.79 Å². The van der Waals surface area contributed by atoms with Crippen molar-refractivity contribution in [2.24, 2.45) is 0 Å². The number of aryl methyl sites for hydroxylation is 1. The maximum absolute atomic E-state index is 11.6. The predicted octanol–water partition coefficient (Wildman–Crippen LogP) is 1.61. The second-order valence-electron chi connectivity index (χ2n) is 3.85. The SMILES string of the molecule is Cc1csc(CNC(=O)NCc2nc(C(=O)O)cs2)n1. The average molecular weight is 312 g/mol. The fraction of sp³-hybridized carbons (Fsp3) is 0.273. The number of carbonyl (C=O) groups excluding carboxylic acids is 1. The van der Waals surface area contributed by atoms with Gasteiger partial charge >= 0.3 is 12.0 Å². The van der Waals surface area contributed by atoms with Gasteiger partial charge in [-0.3, -0.25) is 0 Å². The molecule has 0 atom stereocenters. The summed E-state index contributed by atoms with van der Waals surface area (Å²) in [5.74, 6) is -1.07. The molecule has 0 radical (unpaired) electrons. The third kappa shape index (κ3) is 4.00. The van der Waals surface area contributed by atoms with Crippen LogP contribution in [0.25, 0.3) is 0 Å². The molecule has 0 aliphatic rings. The maximum atomic E-state index is 11.6. The lowest BCUT2D eigenvalue weighted by molar-refractivity contribution is 0.0691. The molecule has 20 heavy (non-hydrogen) atoms. The Balaban J connectivity index is 1.75. The number of aromatic nitrogens is 2. The minimum Gasteiger partial charge on any atom is -0.476 e. The second-order valence-corrected chi connectivity index (χ2v) is 5.74. The summed E-state index contributed by atoms with van der Waals surface area (Å²) in [5, 5.41) is 18.7. The lowest BCUT2D eigenvalue weighted by Crippen LogP contribution is -2.34. The van der Waals surface area contributed by atoms with Crippen molar-refractivity contribution in [2.45, 2.75) is 20.0 Å². The van der Waals surface area contributed by atoms with Gasteiger partial charge in [-0.05, 0) is 6.92 Å². The van der Waals surface area contributed by atoms with E-state index in [9.17, 15) is 9.59 Å². The minimum absolute atomic E-state index is 0.00883. The molecule has 0 saturated carbocycles. The van der Waals surface area contributed by atoms with E-state index in [4.69, 9.17) is 5.11 Å². The highest BCUT2D eigenvalue weighted by Gasteiger charge is 2.09. The van der Waals surface area contributed by atoms with Gasteiger partial charge in [0.15, 0.2) is 5.69 Å². The van der Waals surface area contributed by atoms with Crippen LogP contribution in [0, 0.1) is 6.92 Å². The molecule has 7 nitrogen and oxygen atoms in total. The molecule has 2 aromatic heterocycles. The number of amides is 2. The van der Waals surface area contributed by atoms with Crippen molar-refractivity contribution in [3.63, 3.8) is 0 Å². The van der Waals surface area contributed by atoms with E-state index < -0.39 is 5.97 Å². The number of hydrogen-bond donors (Lipinski definition) is 3. The number of hydrogen-bond acceptors (Lipinski definition) is 6. The van der Waals surface area contributed by atoms with Gasteiger partial charge in [-0.1, -0.05) is 0 Å². The molecular formula is C11H12N4O3S2. The van der Waals surface area contributed by atoms with Crippen LogP contribution in [-0.2, 0) is 13.1 Å². The lowest BCUT2D eigenvalue weighted by Gasteiger charge is -2.04. The molecule has 2 heterocycles. The van der Waals surface area contributed by atoms with Crippen LogP contribution in [0.15, 0.2) is 10.8 Å². The first kappa shape index (κ1) is 14.4. The summed E-state index contributed by atoms with van der Waals surface area (Å²) in [4.78, 5) is 30.3. The van der Waals surface area contributed by atoms with E-state index in [2.05, 4.69) is 20.6 Å². The Kier molecular flexibility index (Phi) is 4.64. The zero-order chi connectivity index (χ0) is 14.5. The van der Waals surface area contributed by atoms with Gasteiger partial charge < -0.3 is 15.7 Å². The second kappa shape index (κ2) is 6.44. The molecule has 3 N–H and O–H groups in total. The molecule has 106 valence electrons. The number of carboxylic acid groups (broad SMARTS) is 1. The van der Waals surface area contributed by atoms with Crippen molar-refractivity contribution in [3.05, 3.63) is 32.2 Å². The van der Waals surface area contributed by atoms with Gasteiger partial charge in [0, 0.05) is 16.5 Å². The molecule has 0 spiro atoms. The fourth-order valence-corrected chi connectivity index (χ4v) is 2.77. The van der Waals surface area contributed by atoms with Gasteiger partial charge in [0.2, 0.25) is 0 Å². The fourth-order valence-electron chi connectivity index (χ4n) is 1.35. The summed E-state index contributed by atoms with van der Waals surface area (Å²) in [5.41, 5.74) is 0.918. The number of thiazole rings is 2. The van der Waals surface area contributed by atoms with Crippen molar-refractivity contribution in [1.29, 1.82) is 0 Å². The molecule has 0 saturated heterocycles. The van der Waals surface area contributed by atoms with Crippen LogP contribution in [0.3, 0.4) is 0 Å². The van der Waals surface area contributed by atoms with Gasteiger partial charge in [-0.25, -0.2) is 19.6 Å². The molecule has 9 heteroatoms. The maximum Gasteiger partial charge on any atom is 0.355 e. The molecular weight excluding hydrogens is 300 g/mol. The van der Waals surface area contributed by atoms with E-state index in [1.54, 1.807) is 0 Å². The van der Waals surface area contributed by atoms with Crippen molar-refractivity contribution < 1.29 is 14.7 Å². The monoisotopic (exact) mass is 312 g/mol. The summed E-state index contributed by atoms with van der Waals surface area (Å²) >= 11 is 2.68. The molecule has 2 rings (SSSR count). The Morgan fingerprint density at radius 3 is 2.25 bits per heavy atom. The third-order valence-corrected chi connectivity index (χ3v) is 4.05. The summed E-state index contributed by atoms with van der Waals surface area (Å²) in [6.07, 6.45) is 0. The van der Waals surface area contributed by atoms with Gasteiger partial charge in [0.1, 0.15) is 10.0 Å². The van der Waals surface area contributed by atoms with Crippen molar-refractivity contribution in [3.8, 4) is 0 Å². The number of rotatable bonds is 5. The van der Waals surface area contributed by atoms with Crippen LogP contribution < -0.4 is 10.6 Å². The summed E-state index contributed by atoms with van der Waals surface area (Å²) in [6, 6.07) is -0.343. The van der Waals surface area contributed by atoms with Crippen LogP contribution >= 0.6 is 22.7 Å². The Morgan fingerprint density at radius 1 is 1.15 bits per heavy atom. The Morgan fingerprint density at radius 2 is 1.75 bits per heavy atom. The Labute approximate surface area is 122 Å². The lowest BCUT2D eigenvalue weighted by atomic mass is 10.5. The zero-order valence-electron chi connectivity index (χ0n) is 10.5. The Bertz CT molecular complexity index is 623. The first-order chi connectivity index (χ1) is 9.54. The molecule has 0 aromatic carbocycles. The van der Waals surface area contributed by atoms with Gasteiger partial charge in [0.25, 0.3) is 0 Å². The first-order valence-corrected chi connectivity index (χ1v) is 7.41. The summed E-state index contributed by atoms with van der Waals surface area (Å²) < 4.78 is 0. The average Bonchev–Trinajstić information content (AvgIpc) is 3.03. The quantitative estimate of drug-likeness (QED) is 0.778. The zero-order valence-corrected chi connectivity index (χ0v) is 12.2.